The highest BCUT2D eigenvalue weighted by Gasteiger charge is 2.31. The first-order valence-corrected chi connectivity index (χ1v) is 14.8. The Hall–Kier alpha value is -4.51. The minimum Gasteiger partial charge on any atom is -0.481 e. The summed E-state index contributed by atoms with van der Waals surface area (Å²) in [5.41, 5.74) is 4.55. The van der Waals surface area contributed by atoms with Crippen molar-refractivity contribution in [3.05, 3.63) is 77.2 Å². The van der Waals surface area contributed by atoms with Gasteiger partial charge in [0.25, 0.3) is 5.91 Å². The Kier molecular flexibility index (Phi) is 6.97. The number of amides is 1. The molecule has 0 aliphatic carbocycles. The Bertz CT molecular complexity index is 1720. The highest BCUT2D eigenvalue weighted by molar-refractivity contribution is 5.94. The highest BCUT2D eigenvalue weighted by Crippen LogP contribution is 2.33. The first-order chi connectivity index (χ1) is 20.9. The van der Waals surface area contributed by atoms with Crippen molar-refractivity contribution in [1.29, 1.82) is 0 Å². The van der Waals surface area contributed by atoms with Crippen LogP contribution in [0.2, 0.25) is 0 Å². The Morgan fingerprint density at radius 3 is 2.58 bits per heavy atom. The minimum atomic E-state index is -0.828. The van der Waals surface area contributed by atoms with Crippen LogP contribution in [0.25, 0.3) is 16.9 Å². The van der Waals surface area contributed by atoms with Gasteiger partial charge in [0, 0.05) is 56.1 Å². The van der Waals surface area contributed by atoms with Crippen LogP contribution in [-0.2, 0) is 16.0 Å². The normalized spacial score (nSPS) is 20.5. The van der Waals surface area contributed by atoms with Crippen LogP contribution in [0.15, 0.2) is 54.6 Å². The van der Waals surface area contributed by atoms with Gasteiger partial charge in [-0.2, -0.15) is 9.61 Å². The number of ether oxygens (including phenoxy) is 1. The Morgan fingerprint density at radius 2 is 1.81 bits per heavy atom. The van der Waals surface area contributed by atoms with E-state index in [4.69, 9.17) is 14.8 Å². The number of carboxylic acid groups (broad SMARTS) is 1. The van der Waals surface area contributed by atoms with Crippen molar-refractivity contribution in [2.75, 3.05) is 55.7 Å². The molecule has 2 fully saturated rings. The third-order valence-electron chi connectivity index (χ3n) is 8.95. The van der Waals surface area contributed by atoms with Crippen molar-refractivity contribution < 1.29 is 23.8 Å². The molecule has 43 heavy (non-hydrogen) atoms. The maximum absolute atomic E-state index is 15.5. The Balaban J connectivity index is 1.24. The fourth-order valence-corrected chi connectivity index (χ4v) is 6.52. The lowest BCUT2D eigenvalue weighted by atomic mass is 9.93. The molecule has 0 bridgehead atoms. The van der Waals surface area contributed by atoms with Gasteiger partial charge < -0.3 is 24.5 Å². The van der Waals surface area contributed by atoms with Gasteiger partial charge in [-0.25, -0.2) is 9.37 Å². The van der Waals surface area contributed by atoms with Crippen LogP contribution in [0.4, 0.5) is 15.9 Å². The molecule has 5 heterocycles. The Labute approximate surface area is 248 Å². The highest BCUT2D eigenvalue weighted by atomic mass is 19.1. The third kappa shape index (κ3) is 4.97. The van der Waals surface area contributed by atoms with Gasteiger partial charge in [-0.05, 0) is 49.1 Å². The molecule has 2 aromatic heterocycles. The molecular formula is C32H33FN6O4. The van der Waals surface area contributed by atoms with E-state index in [9.17, 15) is 14.7 Å². The molecule has 1 N–H and O–H groups in total. The molecule has 2 aromatic carbocycles. The van der Waals surface area contributed by atoms with E-state index in [1.807, 2.05) is 28.9 Å². The van der Waals surface area contributed by atoms with Crippen LogP contribution in [0, 0.1) is 11.7 Å². The maximum atomic E-state index is 15.5. The summed E-state index contributed by atoms with van der Waals surface area (Å²) in [6, 6.07) is 16.5. The van der Waals surface area contributed by atoms with E-state index < -0.39 is 17.7 Å². The number of benzene rings is 2. The van der Waals surface area contributed by atoms with Crippen molar-refractivity contribution in [2.45, 2.75) is 25.8 Å². The number of rotatable bonds is 5. The standard InChI is InChI=1S/C32H33FN6O4/c1-20-24-5-3-2-4-21(24)9-11-38(20)31(40)28-18-30(36-12-14-43-15-13-36)39-29(34-28)17-27(35-39)25-7-6-23(16-26(25)33)37-10-8-22(19-37)32(41)42/h2-7,16-18,20,22H,8-15,19H2,1H3,(H,41,42)/t20-,22+/m1/s1. The molecule has 3 aliphatic heterocycles. The molecule has 0 unspecified atom stereocenters. The average Bonchev–Trinajstić information content (AvgIpc) is 3.69. The number of anilines is 2. The maximum Gasteiger partial charge on any atom is 0.308 e. The Morgan fingerprint density at radius 1 is 1.00 bits per heavy atom. The van der Waals surface area contributed by atoms with E-state index in [0.29, 0.717) is 86.5 Å². The zero-order valence-electron chi connectivity index (χ0n) is 23.9. The minimum absolute atomic E-state index is 0.0863. The fourth-order valence-electron chi connectivity index (χ4n) is 6.52. The molecule has 2 atom stereocenters. The molecule has 1 amide bonds. The number of hydrogen-bond donors (Lipinski definition) is 1. The summed E-state index contributed by atoms with van der Waals surface area (Å²) in [6.45, 7) is 5.93. The lowest BCUT2D eigenvalue weighted by molar-refractivity contribution is -0.140. The molecule has 3 aliphatic rings. The van der Waals surface area contributed by atoms with Crippen molar-refractivity contribution in [3.8, 4) is 11.3 Å². The largest absolute Gasteiger partial charge is 0.481 e. The summed E-state index contributed by atoms with van der Waals surface area (Å²) in [4.78, 5) is 36.0. The van der Waals surface area contributed by atoms with Gasteiger partial charge in [0.1, 0.15) is 17.3 Å². The quantitative estimate of drug-likeness (QED) is 0.375. The molecule has 10 nitrogen and oxygen atoms in total. The van der Waals surface area contributed by atoms with Gasteiger partial charge in [-0.15, -0.1) is 0 Å². The van der Waals surface area contributed by atoms with Crippen LogP contribution >= 0.6 is 0 Å². The SMILES string of the molecule is C[C@@H]1c2ccccc2CCN1C(=O)c1cc(N2CCOCC2)n2nc(-c3ccc(N4CC[C@H](C(=O)O)C4)cc3F)cc2n1. The molecule has 4 aromatic rings. The summed E-state index contributed by atoms with van der Waals surface area (Å²) in [5.74, 6) is -1.18. The summed E-state index contributed by atoms with van der Waals surface area (Å²) in [7, 11) is 0. The second-order valence-corrected chi connectivity index (χ2v) is 11.5. The third-order valence-corrected chi connectivity index (χ3v) is 8.95. The van der Waals surface area contributed by atoms with Crippen molar-refractivity contribution >= 4 is 29.0 Å². The summed E-state index contributed by atoms with van der Waals surface area (Å²) in [6.07, 6.45) is 1.32. The molecule has 11 heteroatoms. The number of hydrogen-bond acceptors (Lipinski definition) is 7. The number of nitrogens with zero attached hydrogens (tertiary/aromatic N) is 6. The van der Waals surface area contributed by atoms with Crippen LogP contribution < -0.4 is 9.80 Å². The van der Waals surface area contributed by atoms with Crippen LogP contribution in [0.3, 0.4) is 0 Å². The van der Waals surface area contributed by atoms with E-state index in [-0.39, 0.29) is 11.9 Å². The number of carbonyl (C=O) groups excluding carboxylic acids is 1. The average molecular weight is 585 g/mol. The summed E-state index contributed by atoms with van der Waals surface area (Å²) in [5, 5.41) is 14.1. The van der Waals surface area contributed by atoms with E-state index in [1.54, 1.807) is 28.8 Å². The number of carboxylic acids is 1. The second-order valence-electron chi connectivity index (χ2n) is 11.5. The van der Waals surface area contributed by atoms with Gasteiger partial charge >= 0.3 is 5.97 Å². The lowest BCUT2D eigenvalue weighted by Crippen LogP contribution is -2.40. The molecule has 0 spiro atoms. The van der Waals surface area contributed by atoms with Crippen molar-refractivity contribution in [3.63, 3.8) is 0 Å². The summed E-state index contributed by atoms with van der Waals surface area (Å²) < 4.78 is 22.8. The van der Waals surface area contributed by atoms with Gasteiger partial charge in [0.15, 0.2) is 5.65 Å². The van der Waals surface area contributed by atoms with E-state index in [0.717, 1.165) is 12.0 Å². The van der Waals surface area contributed by atoms with E-state index >= 15 is 4.39 Å². The smallest absolute Gasteiger partial charge is 0.308 e. The van der Waals surface area contributed by atoms with Crippen molar-refractivity contribution in [2.24, 2.45) is 5.92 Å². The number of fused-ring (bicyclic) bond motifs is 2. The molecule has 0 radical (unpaired) electrons. The topological polar surface area (TPSA) is 104 Å². The first kappa shape index (κ1) is 27.3. The zero-order chi connectivity index (χ0) is 29.7. The van der Waals surface area contributed by atoms with Gasteiger partial charge in [0.05, 0.1) is 30.9 Å². The number of carbonyl (C=O) groups is 2. The molecule has 0 saturated carbocycles. The predicted molar refractivity (Wildman–Crippen MR) is 159 cm³/mol. The van der Waals surface area contributed by atoms with Crippen LogP contribution in [0.5, 0.6) is 0 Å². The number of halogens is 1. The van der Waals surface area contributed by atoms with Crippen molar-refractivity contribution in [1.82, 2.24) is 19.5 Å². The lowest BCUT2D eigenvalue weighted by Gasteiger charge is -2.35. The fraction of sp³-hybridized carbons (Fsp3) is 0.375. The predicted octanol–water partition coefficient (Wildman–Crippen LogP) is 4.04. The number of aromatic nitrogens is 3. The van der Waals surface area contributed by atoms with Crippen LogP contribution in [-0.4, -0.2) is 82.4 Å². The first-order valence-electron chi connectivity index (χ1n) is 14.8. The van der Waals surface area contributed by atoms with Gasteiger partial charge in [-0.1, -0.05) is 24.3 Å². The number of morpholine rings is 1. The van der Waals surface area contributed by atoms with Crippen LogP contribution in [0.1, 0.15) is 41.0 Å². The monoisotopic (exact) mass is 584 g/mol. The summed E-state index contributed by atoms with van der Waals surface area (Å²) >= 11 is 0. The van der Waals surface area contributed by atoms with E-state index in [1.165, 1.54) is 11.6 Å². The molecular weight excluding hydrogens is 551 g/mol. The second kappa shape index (κ2) is 11.0. The molecule has 7 rings (SSSR count). The molecule has 2 saturated heterocycles. The van der Waals surface area contributed by atoms with E-state index in [2.05, 4.69) is 17.0 Å². The molecule has 222 valence electrons. The van der Waals surface area contributed by atoms with Gasteiger partial charge in [-0.3, -0.25) is 9.59 Å². The van der Waals surface area contributed by atoms with Gasteiger partial charge in [0.2, 0.25) is 0 Å². The number of aliphatic carboxylic acids is 1. The zero-order valence-corrected chi connectivity index (χ0v) is 23.9.